The zero-order valence-electron chi connectivity index (χ0n) is 13.3. The molecule has 4 rings (SSSR count). The molecular formula is C20H21N3. The molecule has 3 N–H and O–H groups in total. The number of nitrogens with zero attached hydrogens (tertiary/aromatic N) is 1. The lowest BCUT2D eigenvalue weighted by Gasteiger charge is -2.14. The molecule has 2 aromatic heterocycles. The highest BCUT2D eigenvalue weighted by Gasteiger charge is 2.18. The Balaban J connectivity index is 1.76. The largest absolute Gasteiger partial charge is 0.361 e. The van der Waals surface area contributed by atoms with Crippen LogP contribution >= 0.6 is 0 Å². The molecule has 3 nitrogen and oxygen atoms in total. The van der Waals surface area contributed by atoms with Crippen LogP contribution in [0.5, 0.6) is 0 Å². The van der Waals surface area contributed by atoms with Crippen LogP contribution in [0.25, 0.3) is 21.8 Å². The third kappa shape index (κ3) is 2.34. The molecule has 4 aromatic rings. The van der Waals surface area contributed by atoms with E-state index in [2.05, 4.69) is 77.5 Å². The summed E-state index contributed by atoms with van der Waals surface area (Å²) in [6, 6.07) is 17.0. The Labute approximate surface area is 135 Å². The molecule has 0 radical (unpaired) electrons. The monoisotopic (exact) mass is 303 g/mol. The molecule has 0 bridgehead atoms. The number of nitrogens with one attached hydrogen (secondary N) is 1. The number of fused-ring (bicyclic) bond motifs is 2. The van der Waals surface area contributed by atoms with Gasteiger partial charge in [0.1, 0.15) is 0 Å². The third-order valence-corrected chi connectivity index (χ3v) is 4.79. The first-order valence-electron chi connectivity index (χ1n) is 8.07. The molecule has 0 aliphatic carbocycles. The maximum absolute atomic E-state index is 6.15. The Morgan fingerprint density at radius 3 is 2.61 bits per heavy atom. The van der Waals surface area contributed by atoms with Crippen molar-refractivity contribution in [3.05, 3.63) is 72.1 Å². The Bertz CT molecular complexity index is 961. The minimum atomic E-state index is 0.320. The topological polar surface area (TPSA) is 46.7 Å². The number of rotatable bonds is 4. The highest BCUT2D eigenvalue weighted by Crippen LogP contribution is 2.31. The summed E-state index contributed by atoms with van der Waals surface area (Å²) in [5.41, 5.74) is 11.3. The maximum atomic E-state index is 6.15. The summed E-state index contributed by atoms with van der Waals surface area (Å²) in [5, 5.41) is 2.61. The number of hydrogen-bond donors (Lipinski definition) is 2. The van der Waals surface area contributed by atoms with Gasteiger partial charge >= 0.3 is 0 Å². The van der Waals surface area contributed by atoms with Gasteiger partial charge in [0.25, 0.3) is 0 Å². The molecule has 2 aromatic carbocycles. The van der Waals surface area contributed by atoms with Gasteiger partial charge in [-0.15, -0.1) is 0 Å². The number of H-pyrrole nitrogens is 1. The summed E-state index contributed by atoms with van der Waals surface area (Å²) >= 11 is 0. The van der Waals surface area contributed by atoms with Crippen LogP contribution in [-0.4, -0.2) is 16.1 Å². The Morgan fingerprint density at radius 1 is 1.04 bits per heavy atom. The fourth-order valence-corrected chi connectivity index (χ4v) is 3.58. The standard InChI is InChI=1S/C20H21N3/c1-23-13-18(17-7-3-5-9-20(17)23)14(11-21)10-15-12-22-19-8-4-2-6-16(15)19/h2-9,12-14,22H,10-11,21H2,1H3. The van der Waals surface area contributed by atoms with Gasteiger partial charge in [-0.05, 0) is 36.2 Å². The molecule has 2 heterocycles. The summed E-state index contributed by atoms with van der Waals surface area (Å²) in [4.78, 5) is 3.37. The summed E-state index contributed by atoms with van der Waals surface area (Å²) in [7, 11) is 2.10. The molecule has 0 fully saturated rings. The first-order valence-corrected chi connectivity index (χ1v) is 8.07. The van der Waals surface area contributed by atoms with Crippen molar-refractivity contribution in [1.82, 2.24) is 9.55 Å². The van der Waals surface area contributed by atoms with Gasteiger partial charge in [0.15, 0.2) is 0 Å². The number of aromatic amines is 1. The van der Waals surface area contributed by atoms with E-state index >= 15 is 0 Å². The number of benzene rings is 2. The summed E-state index contributed by atoms with van der Waals surface area (Å²) in [5.74, 6) is 0.320. The molecule has 1 unspecified atom stereocenters. The van der Waals surface area contributed by atoms with Gasteiger partial charge < -0.3 is 15.3 Å². The van der Waals surface area contributed by atoms with Crippen LogP contribution in [-0.2, 0) is 13.5 Å². The third-order valence-electron chi connectivity index (χ3n) is 4.79. The van der Waals surface area contributed by atoms with Gasteiger partial charge in [-0.25, -0.2) is 0 Å². The smallest absolute Gasteiger partial charge is 0.0480 e. The van der Waals surface area contributed by atoms with Crippen molar-refractivity contribution in [3.63, 3.8) is 0 Å². The van der Waals surface area contributed by atoms with E-state index in [1.807, 2.05) is 0 Å². The van der Waals surface area contributed by atoms with Crippen molar-refractivity contribution < 1.29 is 0 Å². The van der Waals surface area contributed by atoms with E-state index in [1.54, 1.807) is 0 Å². The van der Waals surface area contributed by atoms with Gasteiger partial charge in [-0.1, -0.05) is 36.4 Å². The van der Waals surface area contributed by atoms with E-state index < -0.39 is 0 Å². The Kier molecular flexibility index (Phi) is 3.43. The number of aryl methyl sites for hydroxylation is 1. The van der Waals surface area contributed by atoms with E-state index in [9.17, 15) is 0 Å². The fourth-order valence-electron chi connectivity index (χ4n) is 3.58. The maximum Gasteiger partial charge on any atom is 0.0480 e. The number of hydrogen-bond acceptors (Lipinski definition) is 1. The average Bonchev–Trinajstić information content (AvgIpc) is 3.15. The normalized spacial score (nSPS) is 13.0. The molecule has 0 saturated carbocycles. The van der Waals surface area contributed by atoms with Crippen LogP contribution in [0.15, 0.2) is 60.9 Å². The van der Waals surface area contributed by atoms with Crippen molar-refractivity contribution in [2.75, 3.05) is 6.54 Å². The number of para-hydroxylation sites is 2. The predicted molar refractivity (Wildman–Crippen MR) is 96.7 cm³/mol. The van der Waals surface area contributed by atoms with Gasteiger partial charge in [0, 0.05) is 47.2 Å². The van der Waals surface area contributed by atoms with Gasteiger partial charge in [-0.2, -0.15) is 0 Å². The molecule has 0 aliphatic heterocycles. The molecule has 0 saturated heterocycles. The lowest BCUT2D eigenvalue weighted by atomic mass is 9.91. The Morgan fingerprint density at radius 2 is 1.78 bits per heavy atom. The van der Waals surface area contributed by atoms with E-state index in [1.165, 1.54) is 32.9 Å². The minimum Gasteiger partial charge on any atom is -0.361 e. The molecule has 0 spiro atoms. The molecule has 3 heteroatoms. The fraction of sp³-hybridized carbons (Fsp3) is 0.200. The van der Waals surface area contributed by atoms with Crippen LogP contribution < -0.4 is 5.73 Å². The molecule has 1 atom stereocenters. The van der Waals surface area contributed by atoms with Crippen molar-refractivity contribution in [3.8, 4) is 0 Å². The highest BCUT2D eigenvalue weighted by molar-refractivity contribution is 5.85. The van der Waals surface area contributed by atoms with Crippen LogP contribution in [0.1, 0.15) is 17.0 Å². The van der Waals surface area contributed by atoms with E-state index in [0.717, 1.165) is 6.42 Å². The quantitative estimate of drug-likeness (QED) is 0.589. The summed E-state index contributed by atoms with van der Waals surface area (Å²) in [6.07, 6.45) is 5.31. The van der Waals surface area contributed by atoms with Gasteiger partial charge in [0.2, 0.25) is 0 Å². The zero-order valence-corrected chi connectivity index (χ0v) is 13.3. The Hall–Kier alpha value is -2.52. The van der Waals surface area contributed by atoms with Gasteiger partial charge in [-0.3, -0.25) is 0 Å². The second-order valence-corrected chi connectivity index (χ2v) is 6.21. The SMILES string of the molecule is Cn1cc(C(CN)Cc2c[nH]c3ccccc23)c2ccccc21. The van der Waals surface area contributed by atoms with E-state index in [4.69, 9.17) is 5.73 Å². The van der Waals surface area contributed by atoms with Crippen molar-refractivity contribution in [1.29, 1.82) is 0 Å². The molecule has 0 amide bonds. The second kappa shape index (κ2) is 5.60. The van der Waals surface area contributed by atoms with Gasteiger partial charge in [0.05, 0.1) is 0 Å². The summed E-state index contributed by atoms with van der Waals surface area (Å²) in [6.45, 7) is 0.646. The summed E-state index contributed by atoms with van der Waals surface area (Å²) < 4.78 is 2.20. The molecule has 0 aliphatic rings. The lowest BCUT2D eigenvalue weighted by molar-refractivity contribution is 0.699. The highest BCUT2D eigenvalue weighted by atomic mass is 14.9. The predicted octanol–water partition coefficient (Wildman–Crippen LogP) is 3.94. The van der Waals surface area contributed by atoms with Crippen LogP contribution in [0.2, 0.25) is 0 Å². The number of nitrogens with two attached hydrogens (primary N) is 1. The van der Waals surface area contributed by atoms with Crippen molar-refractivity contribution >= 4 is 21.8 Å². The number of aromatic nitrogens is 2. The first kappa shape index (κ1) is 14.1. The molecular weight excluding hydrogens is 282 g/mol. The van der Waals surface area contributed by atoms with E-state index in [0.29, 0.717) is 12.5 Å². The first-order chi connectivity index (χ1) is 11.3. The molecule has 23 heavy (non-hydrogen) atoms. The van der Waals surface area contributed by atoms with E-state index in [-0.39, 0.29) is 0 Å². The molecule has 116 valence electrons. The zero-order chi connectivity index (χ0) is 15.8. The lowest BCUT2D eigenvalue weighted by Crippen LogP contribution is -2.14. The average molecular weight is 303 g/mol. The van der Waals surface area contributed by atoms with Crippen LogP contribution in [0.4, 0.5) is 0 Å². The minimum absolute atomic E-state index is 0.320. The van der Waals surface area contributed by atoms with Crippen molar-refractivity contribution in [2.45, 2.75) is 12.3 Å². The van der Waals surface area contributed by atoms with Crippen molar-refractivity contribution in [2.24, 2.45) is 12.8 Å². The van der Waals surface area contributed by atoms with Crippen LogP contribution in [0, 0.1) is 0 Å². The second-order valence-electron chi connectivity index (χ2n) is 6.21. The van der Waals surface area contributed by atoms with Crippen LogP contribution in [0.3, 0.4) is 0 Å².